The molecular weight excluding hydrogens is 294 g/mol. The van der Waals surface area contributed by atoms with E-state index in [0.717, 1.165) is 12.3 Å². The molecule has 0 saturated heterocycles. The number of anilines is 1. The van der Waals surface area contributed by atoms with Gasteiger partial charge in [-0.1, -0.05) is 0 Å². The van der Waals surface area contributed by atoms with Crippen molar-refractivity contribution in [1.29, 1.82) is 0 Å². The highest BCUT2D eigenvalue weighted by Gasteiger charge is 2.11. The van der Waals surface area contributed by atoms with Crippen LogP contribution in [-0.4, -0.2) is 41.8 Å². The number of nitro groups is 1. The zero-order valence-electron chi connectivity index (χ0n) is 9.94. The molecule has 1 amide bonds. The molecule has 0 atom stereocenters. The summed E-state index contributed by atoms with van der Waals surface area (Å²) in [5, 5.41) is 20.6. The molecule has 0 spiro atoms. The molecule has 1 heterocycles. The highest BCUT2D eigenvalue weighted by Crippen LogP contribution is 2.10. The number of hydrogen-bond acceptors (Lipinski definition) is 7. The van der Waals surface area contributed by atoms with Gasteiger partial charge in [-0.05, 0) is 6.07 Å². The van der Waals surface area contributed by atoms with Crippen LogP contribution in [0.3, 0.4) is 0 Å². The zero-order chi connectivity index (χ0) is 15.2. The van der Waals surface area contributed by atoms with Crippen molar-refractivity contribution in [1.82, 2.24) is 15.1 Å². The Kier molecular flexibility index (Phi) is 5.16. The van der Waals surface area contributed by atoms with E-state index in [4.69, 9.17) is 5.11 Å². The summed E-state index contributed by atoms with van der Waals surface area (Å²) in [4.78, 5) is 25.5. The van der Waals surface area contributed by atoms with Gasteiger partial charge in [0.2, 0.25) is 10.0 Å². The molecule has 11 nitrogen and oxygen atoms in total. The highest BCUT2D eigenvalue weighted by molar-refractivity contribution is 7.89. The van der Waals surface area contributed by atoms with Gasteiger partial charge < -0.3 is 10.4 Å². The summed E-state index contributed by atoms with van der Waals surface area (Å²) < 4.78 is 22.8. The third-order valence-electron chi connectivity index (χ3n) is 1.94. The standard InChI is InChI=1S/C8H11N5O6S/c14-8(15)9-3-4-20(18,19)12-11-7-2-1-6(5-10-7)13(16)17/h1-2,5,9,12H,3-4H2,(H,10,11)(H,14,15). The topological polar surface area (TPSA) is 164 Å². The summed E-state index contributed by atoms with van der Waals surface area (Å²) in [7, 11) is -3.76. The van der Waals surface area contributed by atoms with Crippen molar-refractivity contribution in [2.75, 3.05) is 17.7 Å². The van der Waals surface area contributed by atoms with Crippen molar-refractivity contribution < 1.29 is 23.2 Å². The first-order valence-corrected chi connectivity index (χ1v) is 6.78. The summed E-state index contributed by atoms with van der Waals surface area (Å²) in [6.07, 6.45) is -0.368. The lowest BCUT2D eigenvalue weighted by molar-refractivity contribution is -0.385. The van der Waals surface area contributed by atoms with Gasteiger partial charge in [0.15, 0.2) is 0 Å². The van der Waals surface area contributed by atoms with Crippen LogP contribution in [0.5, 0.6) is 0 Å². The van der Waals surface area contributed by atoms with Crippen molar-refractivity contribution in [3.63, 3.8) is 0 Å². The molecule has 0 fully saturated rings. The number of aromatic nitrogens is 1. The molecule has 12 heteroatoms. The minimum absolute atomic E-state index is 0.0605. The van der Waals surface area contributed by atoms with Crippen LogP contribution in [0.25, 0.3) is 0 Å². The van der Waals surface area contributed by atoms with E-state index >= 15 is 0 Å². The molecule has 0 radical (unpaired) electrons. The molecule has 0 aliphatic rings. The Hall–Kier alpha value is -2.47. The van der Waals surface area contributed by atoms with Crippen molar-refractivity contribution >= 4 is 27.6 Å². The van der Waals surface area contributed by atoms with Gasteiger partial charge in [-0.15, -0.1) is 4.83 Å². The molecule has 0 bridgehead atoms. The van der Waals surface area contributed by atoms with E-state index in [2.05, 4.69) is 10.4 Å². The molecule has 0 saturated carbocycles. The van der Waals surface area contributed by atoms with Crippen LogP contribution in [0.1, 0.15) is 0 Å². The van der Waals surface area contributed by atoms with Gasteiger partial charge in [-0.2, -0.15) is 0 Å². The number of pyridine rings is 1. The predicted molar refractivity (Wildman–Crippen MR) is 67.5 cm³/mol. The smallest absolute Gasteiger partial charge is 0.404 e. The fourth-order valence-electron chi connectivity index (χ4n) is 1.04. The number of amides is 1. The van der Waals surface area contributed by atoms with Gasteiger partial charge in [0.25, 0.3) is 5.69 Å². The van der Waals surface area contributed by atoms with Gasteiger partial charge in [0, 0.05) is 12.6 Å². The summed E-state index contributed by atoms with van der Waals surface area (Å²) in [5.41, 5.74) is 2.01. The molecule has 1 aromatic heterocycles. The lowest BCUT2D eigenvalue weighted by atomic mass is 10.4. The van der Waals surface area contributed by atoms with Crippen LogP contribution in [-0.2, 0) is 10.0 Å². The molecule has 110 valence electrons. The van der Waals surface area contributed by atoms with E-state index in [1.54, 1.807) is 0 Å². The highest BCUT2D eigenvalue weighted by atomic mass is 32.2. The number of hydrazine groups is 1. The van der Waals surface area contributed by atoms with Gasteiger partial charge in [-0.3, -0.25) is 15.5 Å². The summed E-state index contributed by atoms with van der Waals surface area (Å²) in [6.45, 7) is -0.278. The molecule has 0 aromatic carbocycles. The Morgan fingerprint density at radius 1 is 1.45 bits per heavy atom. The first-order chi connectivity index (χ1) is 9.30. The van der Waals surface area contributed by atoms with Crippen LogP contribution >= 0.6 is 0 Å². The zero-order valence-corrected chi connectivity index (χ0v) is 10.8. The van der Waals surface area contributed by atoms with Crippen molar-refractivity contribution in [2.24, 2.45) is 0 Å². The van der Waals surface area contributed by atoms with E-state index in [1.165, 1.54) is 6.07 Å². The van der Waals surface area contributed by atoms with Crippen molar-refractivity contribution in [2.45, 2.75) is 0 Å². The number of nitrogens with zero attached hydrogens (tertiary/aromatic N) is 2. The lowest BCUT2D eigenvalue weighted by Gasteiger charge is -2.08. The Bertz CT molecular complexity index is 586. The van der Waals surface area contributed by atoms with E-state index in [0.29, 0.717) is 0 Å². The quantitative estimate of drug-likeness (QED) is 0.387. The average molecular weight is 305 g/mol. The Morgan fingerprint density at radius 3 is 2.65 bits per heavy atom. The minimum Gasteiger partial charge on any atom is -0.465 e. The van der Waals surface area contributed by atoms with Crippen LogP contribution < -0.4 is 15.6 Å². The summed E-state index contributed by atoms with van der Waals surface area (Å²) >= 11 is 0. The normalized spacial score (nSPS) is 10.8. The maximum atomic E-state index is 11.4. The number of carbonyl (C=O) groups is 1. The van der Waals surface area contributed by atoms with Gasteiger partial charge in [0.05, 0.1) is 10.7 Å². The average Bonchev–Trinajstić information content (AvgIpc) is 2.36. The number of hydrogen-bond donors (Lipinski definition) is 4. The third-order valence-corrected chi connectivity index (χ3v) is 3.09. The van der Waals surface area contributed by atoms with E-state index in [-0.39, 0.29) is 18.1 Å². The second-order valence-corrected chi connectivity index (χ2v) is 5.28. The molecule has 0 unspecified atom stereocenters. The Balaban J connectivity index is 2.49. The Morgan fingerprint density at radius 2 is 2.15 bits per heavy atom. The molecule has 0 aliphatic carbocycles. The largest absolute Gasteiger partial charge is 0.465 e. The van der Waals surface area contributed by atoms with Crippen LogP contribution in [0.4, 0.5) is 16.3 Å². The van der Waals surface area contributed by atoms with Gasteiger partial charge in [-0.25, -0.2) is 18.2 Å². The maximum absolute atomic E-state index is 11.4. The SMILES string of the molecule is O=C(O)NCCS(=O)(=O)NNc1ccc([N+](=O)[O-])cn1. The number of nitrogens with one attached hydrogen (secondary N) is 3. The molecule has 20 heavy (non-hydrogen) atoms. The number of carboxylic acid groups (broad SMARTS) is 1. The third kappa shape index (κ3) is 5.45. The Labute approximate surface area is 113 Å². The molecule has 1 aromatic rings. The second-order valence-electron chi connectivity index (χ2n) is 3.44. The molecule has 4 N–H and O–H groups in total. The first-order valence-electron chi connectivity index (χ1n) is 5.13. The number of rotatable bonds is 7. The van der Waals surface area contributed by atoms with E-state index in [9.17, 15) is 23.3 Å². The van der Waals surface area contributed by atoms with Crippen LogP contribution in [0.2, 0.25) is 0 Å². The molecule has 1 rings (SSSR count). The first kappa shape index (κ1) is 15.6. The van der Waals surface area contributed by atoms with Gasteiger partial charge in [0.1, 0.15) is 12.0 Å². The van der Waals surface area contributed by atoms with Crippen molar-refractivity contribution in [3.05, 3.63) is 28.4 Å². The minimum atomic E-state index is -3.76. The molecular formula is C8H11N5O6S. The number of sulfonamides is 1. The van der Waals surface area contributed by atoms with Crippen LogP contribution in [0, 0.1) is 10.1 Å². The van der Waals surface area contributed by atoms with Gasteiger partial charge >= 0.3 is 6.09 Å². The predicted octanol–water partition coefficient (Wildman–Crippen LogP) is -0.496. The lowest BCUT2D eigenvalue weighted by Crippen LogP contribution is -2.36. The van der Waals surface area contributed by atoms with Crippen LogP contribution in [0.15, 0.2) is 18.3 Å². The van der Waals surface area contributed by atoms with Crippen molar-refractivity contribution in [3.8, 4) is 0 Å². The fraction of sp³-hybridized carbons (Fsp3) is 0.250. The fourth-order valence-corrected chi connectivity index (χ4v) is 1.77. The van der Waals surface area contributed by atoms with E-state index in [1.807, 2.05) is 10.1 Å². The van der Waals surface area contributed by atoms with E-state index < -0.39 is 26.8 Å². The second kappa shape index (κ2) is 6.63. The molecule has 0 aliphatic heterocycles. The summed E-state index contributed by atoms with van der Waals surface area (Å²) in [6, 6.07) is 2.37. The summed E-state index contributed by atoms with van der Waals surface area (Å²) in [5.74, 6) is -0.412. The maximum Gasteiger partial charge on any atom is 0.404 e. The monoisotopic (exact) mass is 305 g/mol.